The summed E-state index contributed by atoms with van der Waals surface area (Å²) in [6, 6.07) is 8.45. The van der Waals surface area contributed by atoms with Gasteiger partial charge in [-0.05, 0) is 31.7 Å². The number of para-hydroxylation sites is 1. The molecule has 142 valence electrons. The van der Waals surface area contributed by atoms with Crippen LogP contribution in [0.1, 0.15) is 39.5 Å². The molecule has 0 aliphatic heterocycles. The number of carbonyl (C=O) groups excluding carboxylic acids is 1. The molecule has 1 fully saturated rings. The Morgan fingerprint density at radius 2 is 2.07 bits per heavy atom. The van der Waals surface area contributed by atoms with Crippen LogP contribution in [0.2, 0.25) is 0 Å². The van der Waals surface area contributed by atoms with Gasteiger partial charge < -0.3 is 9.88 Å². The van der Waals surface area contributed by atoms with E-state index >= 15 is 0 Å². The standard InChI is InChI=1S/C20H25N5OS/c1-3-25-16-11-7-5-9-14(16)18-19(25)22-20(24-23-18)27-12-17(26)21-15-10-6-4-8-13(15)2/h5,7,9,11,13,15H,3-4,6,8,10,12H2,1-2H3,(H,21,26)/t13-,15-/m1/s1. The lowest BCUT2D eigenvalue weighted by Crippen LogP contribution is -2.41. The van der Waals surface area contributed by atoms with Crippen LogP contribution in [0.25, 0.3) is 22.1 Å². The van der Waals surface area contributed by atoms with Gasteiger partial charge in [-0.1, -0.05) is 49.7 Å². The molecular weight excluding hydrogens is 358 g/mol. The van der Waals surface area contributed by atoms with Gasteiger partial charge in [-0.2, -0.15) is 0 Å². The molecule has 27 heavy (non-hydrogen) atoms. The predicted octanol–water partition coefficient (Wildman–Crippen LogP) is 3.79. The van der Waals surface area contributed by atoms with Crippen LogP contribution < -0.4 is 5.32 Å². The highest BCUT2D eigenvalue weighted by atomic mass is 32.2. The highest BCUT2D eigenvalue weighted by molar-refractivity contribution is 7.99. The SMILES string of the molecule is CCn1c2ccccc2c2nnc(SCC(=O)N[C@@H]3CCCC[C@H]3C)nc21. The summed E-state index contributed by atoms with van der Waals surface area (Å²) in [5, 5.41) is 13.4. The van der Waals surface area contributed by atoms with E-state index in [-0.39, 0.29) is 5.91 Å². The number of carbonyl (C=O) groups is 1. The summed E-state index contributed by atoms with van der Waals surface area (Å²) in [4.78, 5) is 17.0. The van der Waals surface area contributed by atoms with Gasteiger partial charge in [0.15, 0.2) is 5.65 Å². The number of benzene rings is 1. The third-order valence-corrected chi connectivity index (χ3v) is 6.30. The fraction of sp³-hybridized carbons (Fsp3) is 0.500. The van der Waals surface area contributed by atoms with E-state index in [0.717, 1.165) is 35.0 Å². The molecule has 3 aromatic rings. The van der Waals surface area contributed by atoms with Crippen molar-refractivity contribution in [3.8, 4) is 0 Å². The molecule has 2 heterocycles. The van der Waals surface area contributed by atoms with Crippen LogP contribution in [0.5, 0.6) is 0 Å². The van der Waals surface area contributed by atoms with Crippen molar-refractivity contribution in [3.05, 3.63) is 24.3 Å². The molecule has 1 aromatic carbocycles. The monoisotopic (exact) mass is 383 g/mol. The minimum absolute atomic E-state index is 0.0542. The van der Waals surface area contributed by atoms with Crippen molar-refractivity contribution in [1.82, 2.24) is 25.1 Å². The summed E-state index contributed by atoms with van der Waals surface area (Å²) in [6.07, 6.45) is 4.75. The molecule has 0 spiro atoms. The fourth-order valence-electron chi connectivity index (χ4n) is 3.98. The molecule has 1 amide bonds. The maximum atomic E-state index is 12.3. The molecular formula is C20H25N5OS. The minimum Gasteiger partial charge on any atom is -0.352 e. The third-order valence-electron chi connectivity index (χ3n) is 5.46. The molecule has 0 unspecified atom stereocenters. The number of rotatable bonds is 5. The maximum Gasteiger partial charge on any atom is 0.230 e. The zero-order valence-corrected chi connectivity index (χ0v) is 16.6. The second kappa shape index (κ2) is 7.84. The van der Waals surface area contributed by atoms with Gasteiger partial charge in [0, 0.05) is 18.0 Å². The normalized spacial score (nSPS) is 20.2. The van der Waals surface area contributed by atoms with E-state index in [0.29, 0.717) is 22.9 Å². The van der Waals surface area contributed by atoms with Crippen molar-refractivity contribution in [2.75, 3.05) is 5.75 Å². The van der Waals surface area contributed by atoms with Crippen LogP contribution in [-0.4, -0.2) is 37.5 Å². The predicted molar refractivity (Wildman–Crippen MR) is 109 cm³/mol. The Labute approximate surface area is 163 Å². The second-order valence-electron chi connectivity index (χ2n) is 7.25. The van der Waals surface area contributed by atoms with Gasteiger partial charge in [0.1, 0.15) is 5.52 Å². The fourth-order valence-corrected chi connectivity index (χ4v) is 4.57. The molecule has 1 aliphatic carbocycles. The summed E-state index contributed by atoms with van der Waals surface area (Å²) in [5.41, 5.74) is 2.76. The summed E-state index contributed by atoms with van der Waals surface area (Å²) in [5.74, 6) is 0.934. The molecule has 7 heteroatoms. The topological polar surface area (TPSA) is 72.7 Å². The largest absolute Gasteiger partial charge is 0.352 e. The summed E-state index contributed by atoms with van der Waals surface area (Å²) >= 11 is 1.35. The molecule has 0 saturated heterocycles. The smallest absolute Gasteiger partial charge is 0.230 e. The molecule has 2 atom stereocenters. The average Bonchev–Trinajstić information content (AvgIpc) is 3.01. The highest BCUT2D eigenvalue weighted by Gasteiger charge is 2.23. The Morgan fingerprint density at radius 3 is 2.89 bits per heavy atom. The van der Waals surface area contributed by atoms with Gasteiger partial charge in [0.2, 0.25) is 11.1 Å². The van der Waals surface area contributed by atoms with Gasteiger partial charge in [-0.3, -0.25) is 4.79 Å². The maximum absolute atomic E-state index is 12.3. The first-order chi connectivity index (χ1) is 13.2. The molecule has 1 aliphatic rings. The van der Waals surface area contributed by atoms with Gasteiger partial charge in [0.25, 0.3) is 0 Å². The van der Waals surface area contributed by atoms with Crippen LogP contribution in [-0.2, 0) is 11.3 Å². The van der Waals surface area contributed by atoms with Crippen LogP contribution in [0.15, 0.2) is 29.4 Å². The van der Waals surface area contributed by atoms with Crippen molar-refractivity contribution in [1.29, 1.82) is 0 Å². The van der Waals surface area contributed by atoms with E-state index in [9.17, 15) is 4.79 Å². The average molecular weight is 384 g/mol. The van der Waals surface area contributed by atoms with Crippen LogP contribution >= 0.6 is 11.8 Å². The van der Waals surface area contributed by atoms with E-state index in [2.05, 4.69) is 45.0 Å². The Morgan fingerprint density at radius 1 is 1.26 bits per heavy atom. The van der Waals surface area contributed by atoms with Crippen LogP contribution in [0.4, 0.5) is 0 Å². The lowest BCUT2D eigenvalue weighted by atomic mass is 9.86. The van der Waals surface area contributed by atoms with Gasteiger partial charge in [-0.15, -0.1) is 10.2 Å². The lowest BCUT2D eigenvalue weighted by molar-refractivity contribution is -0.119. The van der Waals surface area contributed by atoms with E-state index in [1.165, 1.54) is 31.0 Å². The van der Waals surface area contributed by atoms with Crippen molar-refractivity contribution < 1.29 is 4.79 Å². The molecule has 4 rings (SSSR count). The Balaban J connectivity index is 1.49. The van der Waals surface area contributed by atoms with Crippen LogP contribution in [0.3, 0.4) is 0 Å². The summed E-state index contributed by atoms with van der Waals surface area (Å²) in [7, 11) is 0. The Kier molecular flexibility index (Phi) is 5.29. The number of thioether (sulfide) groups is 1. The summed E-state index contributed by atoms with van der Waals surface area (Å²) < 4.78 is 2.15. The number of hydrogen-bond donors (Lipinski definition) is 1. The first-order valence-corrected chi connectivity index (χ1v) is 10.7. The van der Waals surface area contributed by atoms with E-state index in [1.807, 2.05) is 18.2 Å². The zero-order chi connectivity index (χ0) is 18.8. The van der Waals surface area contributed by atoms with Crippen molar-refractivity contribution in [2.24, 2.45) is 5.92 Å². The van der Waals surface area contributed by atoms with Gasteiger partial charge >= 0.3 is 0 Å². The number of aryl methyl sites for hydroxylation is 1. The number of nitrogens with zero attached hydrogens (tertiary/aromatic N) is 4. The Bertz CT molecular complexity index is 970. The second-order valence-corrected chi connectivity index (χ2v) is 8.19. The van der Waals surface area contributed by atoms with E-state index < -0.39 is 0 Å². The lowest BCUT2D eigenvalue weighted by Gasteiger charge is -2.29. The number of amides is 1. The van der Waals surface area contributed by atoms with Crippen molar-refractivity contribution in [3.63, 3.8) is 0 Å². The Hall–Kier alpha value is -2.15. The number of aromatic nitrogens is 4. The number of hydrogen-bond acceptors (Lipinski definition) is 5. The molecule has 1 saturated carbocycles. The molecule has 0 bridgehead atoms. The van der Waals surface area contributed by atoms with Crippen molar-refractivity contribution in [2.45, 2.75) is 57.3 Å². The van der Waals surface area contributed by atoms with Crippen molar-refractivity contribution >= 4 is 39.7 Å². The van der Waals surface area contributed by atoms with Gasteiger partial charge in [-0.25, -0.2) is 4.98 Å². The van der Waals surface area contributed by atoms with E-state index in [1.54, 1.807) is 0 Å². The van der Waals surface area contributed by atoms with Crippen LogP contribution in [0, 0.1) is 5.92 Å². The third kappa shape index (κ3) is 3.65. The molecule has 2 aromatic heterocycles. The first kappa shape index (κ1) is 18.2. The molecule has 1 N–H and O–H groups in total. The minimum atomic E-state index is 0.0542. The number of nitrogens with one attached hydrogen (secondary N) is 1. The molecule has 6 nitrogen and oxygen atoms in total. The van der Waals surface area contributed by atoms with E-state index in [4.69, 9.17) is 0 Å². The summed E-state index contributed by atoms with van der Waals surface area (Å²) in [6.45, 7) is 5.13. The zero-order valence-electron chi connectivity index (χ0n) is 15.8. The highest BCUT2D eigenvalue weighted by Crippen LogP contribution is 2.27. The van der Waals surface area contributed by atoms with Gasteiger partial charge in [0.05, 0.1) is 11.3 Å². The first-order valence-electron chi connectivity index (χ1n) is 9.71. The molecule has 0 radical (unpaired) electrons. The quantitative estimate of drug-likeness (QED) is 0.679. The number of fused-ring (bicyclic) bond motifs is 3.